The second kappa shape index (κ2) is 6.50. The third-order valence-electron chi connectivity index (χ3n) is 3.16. The van der Waals surface area contributed by atoms with Gasteiger partial charge in [-0.3, -0.25) is 10.2 Å². The van der Waals surface area contributed by atoms with Crippen molar-refractivity contribution in [3.63, 3.8) is 0 Å². The summed E-state index contributed by atoms with van der Waals surface area (Å²) < 4.78 is 10.2. The van der Waals surface area contributed by atoms with Crippen molar-refractivity contribution in [1.82, 2.24) is 4.90 Å². The number of fused-ring (bicyclic) bond motifs is 1. The summed E-state index contributed by atoms with van der Waals surface area (Å²) in [6, 6.07) is 5.44. The summed E-state index contributed by atoms with van der Waals surface area (Å²) >= 11 is 5.93. The predicted molar refractivity (Wildman–Crippen MR) is 99.2 cm³/mol. The van der Waals surface area contributed by atoms with Gasteiger partial charge in [-0.15, -0.1) is 0 Å². The Kier molecular flexibility index (Phi) is 4.60. The SMILES string of the molecule is COc1ccc(/C=C2/C(=N)N3C(SC)=NSC3=NC2=O)cc1Br. The van der Waals surface area contributed by atoms with E-state index in [0.29, 0.717) is 16.1 Å². The highest BCUT2D eigenvalue weighted by Gasteiger charge is 2.36. The number of amidine groups is 3. The topological polar surface area (TPSA) is 78.1 Å². The maximum atomic E-state index is 12.2. The van der Waals surface area contributed by atoms with Crippen molar-refractivity contribution in [1.29, 1.82) is 5.41 Å². The first-order valence-electron chi connectivity index (χ1n) is 6.41. The molecule has 2 heterocycles. The molecule has 2 aliphatic heterocycles. The normalized spacial score (nSPS) is 18.9. The number of nitrogens with one attached hydrogen (secondary N) is 1. The molecule has 2 aliphatic rings. The van der Waals surface area contributed by atoms with Gasteiger partial charge in [0.05, 0.1) is 29.1 Å². The van der Waals surface area contributed by atoms with Gasteiger partial charge in [0.2, 0.25) is 5.17 Å². The van der Waals surface area contributed by atoms with Gasteiger partial charge in [0, 0.05) is 0 Å². The molecule has 0 atom stereocenters. The van der Waals surface area contributed by atoms with E-state index in [1.54, 1.807) is 24.2 Å². The molecule has 1 amide bonds. The van der Waals surface area contributed by atoms with E-state index in [1.807, 2.05) is 18.4 Å². The van der Waals surface area contributed by atoms with Crippen molar-refractivity contribution >= 4 is 67.8 Å². The average molecular weight is 411 g/mol. The Morgan fingerprint density at radius 1 is 1.48 bits per heavy atom. The number of rotatable bonds is 2. The molecule has 0 aliphatic carbocycles. The summed E-state index contributed by atoms with van der Waals surface area (Å²) in [4.78, 5) is 17.8. The number of methoxy groups -OCH3 is 1. The fraction of sp³-hybridized carbons (Fsp3) is 0.143. The van der Waals surface area contributed by atoms with Crippen LogP contribution >= 0.6 is 39.6 Å². The van der Waals surface area contributed by atoms with Gasteiger partial charge in [0.1, 0.15) is 11.6 Å². The minimum atomic E-state index is -0.432. The zero-order valence-corrected chi connectivity index (χ0v) is 15.4. The molecule has 9 heteroatoms. The summed E-state index contributed by atoms with van der Waals surface area (Å²) in [5.74, 6) is 0.355. The molecule has 0 bridgehead atoms. The van der Waals surface area contributed by atoms with Crippen LogP contribution in [0.2, 0.25) is 0 Å². The molecule has 0 fully saturated rings. The van der Waals surface area contributed by atoms with Crippen LogP contribution in [-0.4, -0.2) is 40.3 Å². The Hall–Kier alpha value is -1.58. The van der Waals surface area contributed by atoms with Crippen molar-refractivity contribution < 1.29 is 9.53 Å². The second-order valence-corrected chi connectivity index (χ2v) is 6.86. The zero-order valence-electron chi connectivity index (χ0n) is 12.2. The Morgan fingerprint density at radius 2 is 2.26 bits per heavy atom. The van der Waals surface area contributed by atoms with Crippen LogP contribution in [0.4, 0.5) is 0 Å². The first-order chi connectivity index (χ1) is 11.0. The minimum absolute atomic E-state index is 0.0880. The Labute approximate surface area is 149 Å². The lowest BCUT2D eigenvalue weighted by Gasteiger charge is -2.23. The monoisotopic (exact) mass is 410 g/mol. The number of nitrogens with zero attached hydrogens (tertiary/aromatic N) is 3. The van der Waals surface area contributed by atoms with E-state index >= 15 is 0 Å². The highest BCUT2D eigenvalue weighted by molar-refractivity contribution is 9.10. The van der Waals surface area contributed by atoms with Gasteiger partial charge >= 0.3 is 0 Å². The number of carbonyl (C=O) groups excluding carboxylic acids is 1. The fourth-order valence-corrected chi connectivity index (χ4v) is 4.08. The van der Waals surface area contributed by atoms with Crippen LogP contribution < -0.4 is 4.74 Å². The first kappa shape index (κ1) is 16.3. The van der Waals surface area contributed by atoms with Crippen LogP contribution in [-0.2, 0) is 4.79 Å². The number of hydrogen-bond acceptors (Lipinski definition) is 6. The van der Waals surface area contributed by atoms with Gasteiger partial charge in [0.15, 0.2) is 5.17 Å². The van der Waals surface area contributed by atoms with Gasteiger partial charge in [-0.2, -0.15) is 9.39 Å². The molecule has 0 radical (unpaired) electrons. The lowest BCUT2D eigenvalue weighted by Crippen LogP contribution is -2.41. The van der Waals surface area contributed by atoms with Crippen LogP contribution in [0.25, 0.3) is 6.08 Å². The molecule has 3 rings (SSSR count). The molecule has 0 saturated carbocycles. The zero-order chi connectivity index (χ0) is 16.6. The maximum Gasteiger partial charge on any atom is 0.283 e. The average Bonchev–Trinajstić information content (AvgIpc) is 2.94. The molecule has 1 aromatic rings. The Bertz CT molecular complexity index is 804. The first-order valence-corrected chi connectivity index (χ1v) is 9.20. The maximum absolute atomic E-state index is 12.2. The number of carbonyl (C=O) groups is 1. The molecule has 1 aromatic carbocycles. The second-order valence-electron chi connectivity index (χ2n) is 4.50. The summed E-state index contributed by atoms with van der Waals surface area (Å²) in [5.41, 5.74) is 1.01. The number of benzene rings is 1. The molecular formula is C14H11BrN4O2S2. The van der Waals surface area contributed by atoms with Crippen LogP contribution in [0.3, 0.4) is 0 Å². The highest BCUT2D eigenvalue weighted by Crippen LogP contribution is 2.32. The highest BCUT2D eigenvalue weighted by atomic mass is 79.9. The Balaban J connectivity index is 1.99. The Morgan fingerprint density at radius 3 is 2.91 bits per heavy atom. The van der Waals surface area contributed by atoms with E-state index in [2.05, 4.69) is 25.3 Å². The van der Waals surface area contributed by atoms with Crippen LogP contribution in [0.15, 0.2) is 37.6 Å². The minimum Gasteiger partial charge on any atom is -0.496 e. The van der Waals surface area contributed by atoms with Crippen molar-refractivity contribution in [3.05, 3.63) is 33.8 Å². The lowest BCUT2D eigenvalue weighted by atomic mass is 10.1. The van der Waals surface area contributed by atoms with Crippen molar-refractivity contribution in [3.8, 4) is 5.75 Å². The number of ether oxygens (including phenoxy) is 1. The molecule has 0 unspecified atom stereocenters. The van der Waals surface area contributed by atoms with Gasteiger partial charge < -0.3 is 4.74 Å². The molecule has 6 nitrogen and oxygen atoms in total. The van der Waals surface area contributed by atoms with E-state index in [9.17, 15) is 4.79 Å². The number of aliphatic imine (C=N–C) groups is 1. The van der Waals surface area contributed by atoms with Crippen LogP contribution in [0.1, 0.15) is 5.56 Å². The smallest absolute Gasteiger partial charge is 0.283 e. The van der Waals surface area contributed by atoms with E-state index < -0.39 is 5.91 Å². The van der Waals surface area contributed by atoms with Gasteiger partial charge in [0.25, 0.3) is 5.91 Å². The summed E-state index contributed by atoms with van der Waals surface area (Å²) in [7, 11) is 1.59. The van der Waals surface area contributed by atoms with E-state index in [0.717, 1.165) is 22.0 Å². The lowest BCUT2D eigenvalue weighted by molar-refractivity contribution is -0.114. The van der Waals surface area contributed by atoms with Gasteiger partial charge in [-0.25, -0.2) is 4.90 Å². The number of thioether (sulfide) groups is 1. The molecule has 0 aromatic heterocycles. The van der Waals surface area contributed by atoms with Gasteiger partial charge in [-0.1, -0.05) is 17.8 Å². The standard InChI is InChI=1S/C14H11BrN4O2S2/c1-21-10-4-3-7(6-9(10)15)5-8-11(16)19-13(17-12(8)20)23-18-14(19)22-2/h3-6,16H,1-2H3/b8-5-,16-11?. The van der Waals surface area contributed by atoms with Crippen molar-refractivity contribution in [2.24, 2.45) is 9.39 Å². The van der Waals surface area contributed by atoms with Crippen LogP contribution in [0, 0.1) is 5.41 Å². The third-order valence-corrected chi connectivity index (χ3v) is 5.24. The molecule has 23 heavy (non-hydrogen) atoms. The number of halogens is 1. The molecule has 1 N–H and O–H groups in total. The molecule has 0 saturated heterocycles. The van der Waals surface area contributed by atoms with Crippen LogP contribution in [0.5, 0.6) is 5.75 Å². The van der Waals surface area contributed by atoms with Crippen molar-refractivity contribution in [2.75, 3.05) is 13.4 Å². The predicted octanol–water partition coefficient (Wildman–Crippen LogP) is 3.40. The van der Waals surface area contributed by atoms with Crippen molar-refractivity contribution in [2.45, 2.75) is 0 Å². The van der Waals surface area contributed by atoms with E-state index in [4.69, 9.17) is 10.1 Å². The number of amides is 1. The molecular weight excluding hydrogens is 400 g/mol. The summed E-state index contributed by atoms with van der Waals surface area (Å²) in [5, 5.41) is 9.41. The number of hydrogen-bond donors (Lipinski definition) is 1. The van der Waals surface area contributed by atoms with E-state index in [-0.39, 0.29) is 11.4 Å². The third kappa shape index (κ3) is 2.96. The summed E-state index contributed by atoms with van der Waals surface area (Å²) in [6.07, 6.45) is 3.52. The fourth-order valence-electron chi connectivity index (χ4n) is 2.07. The largest absolute Gasteiger partial charge is 0.496 e. The van der Waals surface area contributed by atoms with E-state index in [1.165, 1.54) is 11.8 Å². The quantitative estimate of drug-likeness (QED) is 0.596. The van der Waals surface area contributed by atoms with Gasteiger partial charge in [-0.05, 0) is 46.0 Å². The summed E-state index contributed by atoms with van der Waals surface area (Å²) in [6.45, 7) is 0. The molecule has 118 valence electrons. The molecule has 0 spiro atoms.